The molecule has 0 atom stereocenters. The number of anilines is 1. The maximum atomic E-state index is 13.0. The van der Waals surface area contributed by atoms with E-state index in [1.165, 1.54) is 57.3 Å². The van der Waals surface area contributed by atoms with Gasteiger partial charge in [-0.2, -0.15) is 0 Å². The molecular weight excluding hydrogens is 823 g/mol. The SMILES string of the molecule is CCN1CC(N2CCC(S(=O)(=O)CC(=O)Nc3c4c(cc5c3CCC5)CCC4)CC2)C1.CCN1CC(N2CCC(S(N)(=O)=O)CC2)C1.N#COc1c2c(cc3c1CCC3)CCC2. The Morgan fingerprint density at radius 1 is 0.677 bits per heavy atom. The van der Waals surface area contributed by atoms with Crippen LogP contribution in [-0.4, -0.2) is 136 Å². The smallest absolute Gasteiger partial charge is 0.292 e. The largest absolute Gasteiger partial charge is 0.387 e. The van der Waals surface area contributed by atoms with Gasteiger partial charge < -0.3 is 19.9 Å². The fraction of sp³-hybridized carbons (Fsp3) is 0.702. The van der Waals surface area contributed by atoms with E-state index in [9.17, 15) is 21.6 Å². The van der Waals surface area contributed by atoms with Crippen LogP contribution in [0.1, 0.15) is 110 Å². The fourth-order valence-electron chi connectivity index (χ4n) is 11.6. The zero-order valence-electron chi connectivity index (χ0n) is 37.1. The predicted octanol–water partition coefficient (Wildman–Crippen LogP) is 4.15. The maximum Gasteiger partial charge on any atom is 0.292 e. The molecule has 15 heteroatoms. The average molecular weight is 892 g/mol. The highest BCUT2D eigenvalue weighted by atomic mass is 32.2. The Labute approximate surface area is 370 Å². The number of likely N-dealkylation sites (N-methyl/N-ethyl adjacent to an activating group) is 2. The number of nitriles is 1. The van der Waals surface area contributed by atoms with Crippen molar-refractivity contribution in [3.63, 3.8) is 0 Å². The Morgan fingerprint density at radius 3 is 1.48 bits per heavy atom. The summed E-state index contributed by atoms with van der Waals surface area (Å²) in [5.74, 6) is 0.165. The summed E-state index contributed by atoms with van der Waals surface area (Å²) in [7, 11) is -6.75. The minimum absolute atomic E-state index is 0.314. The van der Waals surface area contributed by atoms with Crippen molar-refractivity contribution in [3.8, 4) is 12.0 Å². The second kappa shape index (κ2) is 19.6. The van der Waals surface area contributed by atoms with Crippen molar-refractivity contribution in [2.45, 2.75) is 139 Å². The number of hydrogen-bond acceptors (Lipinski definition) is 11. The monoisotopic (exact) mass is 891 g/mol. The van der Waals surface area contributed by atoms with Crippen molar-refractivity contribution < 1.29 is 26.4 Å². The van der Waals surface area contributed by atoms with Crippen LogP contribution in [0.15, 0.2) is 12.1 Å². The summed E-state index contributed by atoms with van der Waals surface area (Å²) < 4.78 is 53.6. The van der Waals surface area contributed by atoms with Crippen LogP contribution in [0, 0.1) is 11.5 Å². The van der Waals surface area contributed by atoms with Crippen LogP contribution < -0.4 is 15.2 Å². The van der Waals surface area contributed by atoms with E-state index in [0.29, 0.717) is 37.8 Å². The topological polar surface area (TPSA) is 169 Å². The molecule has 3 N–H and O–H groups in total. The molecule has 4 saturated heterocycles. The highest BCUT2D eigenvalue weighted by molar-refractivity contribution is 7.92. The lowest BCUT2D eigenvalue weighted by atomic mass is 9.98. The van der Waals surface area contributed by atoms with Gasteiger partial charge in [0.2, 0.25) is 15.9 Å². The van der Waals surface area contributed by atoms with E-state index in [0.717, 1.165) is 141 Å². The third kappa shape index (κ3) is 10.1. The van der Waals surface area contributed by atoms with Crippen molar-refractivity contribution in [3.05, 3.63) is 56.6 Å². The third-order valence-electron chi connectivity index (χ3n) is 15.4. The highest BCUT2D eigenvalue weighted by Gasteiger charge is 2.38. The van der Waals surface area contributed by atoms with Crippen LogP contribution in [0.4, 0.5) is 5.69 Å². The molecule has 340 valence electrons. The minimum Gasteiger partial charge on any atom is -0.387 e. The highest BCUT2D eigenvalue weighted by Crippen LogP contribution is 2.41. The van der Waals surface area contributed by atoms with Gasteiger partial charge in [-0.15, -0.1) is 5.26 Å². The second-order valence-corrected chi connectivity index (χ2v) is 23.2. The van der Waals surface area contributed by atoms with E-state index in [1.807, 2.05) is 6.26 Å². The van der Waals surface area contributed by atoms with Crippen LogP contribution in [0.2, 0.25) is 0 Å². The second-order valence-electron chi connectivity index (χ2n) is 19.0. The van der Waals surface area contributed by atoms with E-state index >= 15 is 0 Å². The molecule has 0 saturated carbocycles. The van der Waals surface area contributed by atoms with Gasteiger partial charge in [0, 0.05) is 44.0 Å². The van der Waals surface area contributed by atoms with Gasteiger partial charge in [-0.1, -0.05) is 26.0 Å². The standard InChI is InChI=1S/C24H35N3O3S.C13H13NO.C10H21N3O2S/c1-2-26-14-19(15-26)27-11-9-20(10-12-27)31(29,30)16-23(28)25-24-21-7-3-5-17(21)13-18-6-4-8-22(18)24;14-8-15-13-11-5-1-3-9(11)7-10-4-2-6-12(10)13;1-2-12-7-9(8-12)13-5-3-10(4-6-13)16(11,14)15/h13,19-20H,2-12,14-16H2,1H3,(H,25,28);7H,1-6H2;9-10H,2-8H2,1H3,(H2,11,14,15). The molecule has 4 aliphatic heterocycles. The van der Waals surface area contributed by atoms with Gasteiger partial charge in [-0.25, -0.2) is 22.0 Å². The summed E-state index contributed by atoms with van der Waals surface area (Å²) in [5, 5.41) is 16.2. The number of carbonyl (C=O) groups excluding carboxylic acids is 1. The Hall–Kier alpha value is -3.10. The van der Waals surface area contributed by atoms with E-state index in [2.05, 4.69) is 50.9 Å². The van der Waals surface area contributed by atoms with Gasteiger partial charge in [-0.3, -0.25) is 14.6 Å². The summed E-state index contributed by atoms with van der Waals surface area (Å²) in [6, 6.07) is 5.89. The van der Waals surface area contributed by atoms with Crippen molar-refractivity contribution >= 4 is 31.5 Å². The number of fused-ring (bicyclic) bond motifs is 4. The number of amides is 1. The zero-order chi connectivity index (χ0) is 43.6. The summed E-state index contributed by atoms with van der Waals surface area (Å²) in [5.41, 5.74) is 11.6. The number of piperidine rings is 2. The number of sulfonamides is 1. The number of rotatable bonds is 10. The third-order valence-corrected chi connectivity index (χ3v) is 18.9. The molecule has 62 heavy (non-hydrogen) atoms. The number of carbonyl (C=O) groups is 1. The van der Waals surface area contributed by atoms with E-state index in [1.54, 1.807) is 0 Å². The van der Waals surface area contributed by atoms with Crippen LogP contribution in [0.3, 0.4) is 0 Å². The summed E-state index contributed by atoms with van der Waals surface area (Å²) in [6.07, 6.45) is 17.8. The quantitative estimate of drug-likeness (QED) is 0.329. The lowest BCUT2D eigenvalue weighted by Crippen LogP contribution is -2.61. The van der Waals surface area contributed by atoms with Gasteiger partial charge in [0.25, 0.3) is 6.26 Å². The number of ether oxygens (including phenoxy) is 1. The van der Waals surface area contributed by atoms with Gasteiger partial charge in [-0.05, 0) is 187 Å². The molecule has 2 aromatic carbocycles. The van der Waals surface area contributed by atoms with Gasteiger partial charge >= 0.3 is 0 Å². The predicted molar refractivity (Wildman–Crippen MR) is 244 cm³/mol. The molecule has 0 spiro atoms. The van der Waals surface area contributed by atoms with Crippen molar-refractivity contribution in [1.29, 1.82) is 5.26 Å². The van der Waals surface area contributed by atoms with Crippen LogP contribution in [0.25, 0.3) is 0 Å². The normalized spacial score (nSPS) is 22.5. The molecule has 4 heterocycles. The minimum atomic E-state index is -3.43. The van der Waals surface area contributed by atoms with Gasteiger partial charge in [0.05, 0.1) is 10.5 Å². The van der Waals surface area contributed by atoms with Gasteiger partial charge in [0.1, 0.15) is 11.5 Å². The molecule has 10 rings (SSSR count). The summed E-state index contributed by atoms with van der Waals surface area (Å²) in [6.45, 7) is 14.4. The lowest BCUT2D eigenvalue weighted by Gasteiger charge is -2.47. The number of nitrogens with zero attached hydrogens (tertiary/aromatic N) is 5. The Balaban J connectivity index is 0.000000143. The van der Waals surface area contributed by atoms with Gasteiger partial charge in [0.15, 0.2) is 9.84 Å². The molecule has 4 fully saturated rings. The molecule has 13 nitrogen and oxygen atoms in total. The molecule has 0 bridgehead atoms. The Bertz CT molecular complexity index is 2150. The first-order chi connectivity index (χ1) is 29.8. The number of primary sulfonamides is 1. The van der Waals surface area contributed by atoms with Crippen LogP contribution in [0.5, 0.6) is 5.75 Å². The first kappa shape index (κ1) is 45.5. The number of sulfone groups is 1. The fourth-order valence-corrected chi connectivity index (χ4v) is 14.1. The number of aryl methyl sites for hydroxylation is 4. The van der Waals surface area contributed by atoms with E-state index < -0.39 is 19.9 Å². The van der Waals surface area contributed by atoms with Crippen molar-refractivity contribution in [2.75, 3.05) is 76.5 Å². The Morgan fingerprint density at radius 2 is 1.08 bits per heavy atom. The summed E-state index contributed by atoms with van der Waals surface area (Å²) in [4.78, 5) is 22.5. The maximum absolute atomic E-state index is 13.0. The molecule has 8 aliphatic rings. The molecule has 0 unspecified atom stereocenters. The number of benzene rings is 2. The van der Waals surface area contributed by atoms with Crippen LogP contribution >= 0.6 is 0 Å². The summed E-state index contributed by atoms with van der Waals surface area (Å²) >= 11 is 0. The lowest BCUT2D eigenvalue weighted by molar-refractivity contribution is -0.113. The first-order valence-electron chi connectivity index (χ1n) is 23.7. The van der Waals surface area contributed by atoms with E-state index in [-0.39, 0.29) is 22.2 Å². The van der Waals surface area contributed by atoms with E-state index in [4.69, 9.17) is 15.1 Å². The van der Waals surface area contributed by atoms with Crippen molar-refractivity contribution in [1.82, 2.24) is 19.6 Å². The molecule has 1 amide bonds. The van der Waals surface area contributed by atoms with Crippen molar-refractivity contribution in [2.24, 2.45) is 5.14 Å². The zero-order valence-corrected chi connectivity index (χ0v) is 38.8. The first-order valence-corrected chi connectivity index (χ1v) is 27.0. The number of likely N-dealkylation sites (tertiary alicyclic amines) is 4. The molecule has 0 radical (unpaired) electrons. The Kier molecular flexibility index (Phi) is 14.3. The number of nitrogens with two attached hydrogens (primary N) is 1. The average Bonchev–Trinajstić information content (AvgIpc) is 4.06. The molecule has 0 aromatic heterocycles. The van der Waals surface area contributed by atoms with Crippen LogP contribution in [-0.2, 0) is 76.0 Å². The molecule has 4 aliphatic carbocycles. The molecule has 2 aromatic rings. The number of hydrogen-bond donors (Lipinski definition) is 2. The molecular formula is C47H69N7O6S2. The number of nitrogens with one attached hydrogen (secondary N) is 1.